The number of rotatable bonds is 4. The lowest BCUT2D eigenvalue weighted by Gasteiger charge is -2.42. The van der Waals surface area contributed by atoms with Crippen molar-refractivity contribution in [2.75, 3.05) is 18.0 Å². The van der Waals surface area contributed by atoms with Gasteiger partial charge >= 0.3 is 0 Å². The normalized spacial score (nSPS) is 18.1. The zero-order valence-electron chi connectivity index (χ0n) is 12.4. The highest BCUT2D eigenvalue weighted by molar-refractivity contribution is 6.31. The summed E-state index contributed by atoms with van der Waals surface area (Å²) in [5.74, 6) is 0.111. The van der Waals surface area contributed by atoms with Gasteiger partial charge in [0.15, 0.2) is 0 Å². The zero-order valence-corrected chi connectivity index (χ0v) is 13.1. The van der Waals surface area contributed by atoms with Crippen molar-refractivity contribution in [1.29, 1.82) is 5.41 Å². The van der Waals surface area contributed by atoms with Crippen LogP contribution in [0.15, 0.2) is 18.2 Å². The Labute approximate surface area is 126 Å². The van der Waals surface area contributed by atoms with E-state index in [9.17, 15) is 0 Å². The van der Waals surface area contributed by atoms with Crippen LogP contribution < -0.4 is 10.6 Å². The van der Waals surface area contributed by atoms with Gasteiger partial charge in [0.2, 0.25) is 0 Å². The second kappa shape index (κ2) is 6.04. The third kappa shape index (κ3) is 2.93. The summed E-state index contributed by atoms with van der Waals surface area (Å²) in [4.78, 5) is 2.33. The largest absolute Gasteiger partial charge is 0.384 e. The summed E-state index contributed by atoms with van der Waals surface area (Å²) in [6, 6.07) is 5.58. The summed E-state index contributed by atoms with van der Waals surface area (Å²) in [5.41, 5.74) is 7.97. The van der Waals surface area contributed by atoms with Gasteiger partial charge in [-0.25, -0.2) is 0 Å². The van der Waals surface area contributed by atoms with Crippen molar-refractivity contribution in [2.45, 2.75) is 39.5 Å². The molecule has 3 nitrogen and oxygen atoms in total. The van der Waals surface area contributed by atoms with Crippen LogP contribution >= 0.6 is 11.6 Å². The number of nitrogens with one attached hydrogen (secondary N) is 1. The molecule has 0 aliphatic carbocycles. The van der Waals surface area contributed by atoms with Crippen LogP contribution in [0.3, 0.4) is 0 Å². The summed E-state index contributed by atoms with van der Waals surface area (Å²) in [6.07, 6.45) is 4.88. The molecule has 1 aromatic rings. The lowest BCUT2D eigenvalue weighted by molar-refractivity contribution is 0.199. The van der Waals surface area contributed by atoms with Crippen LogP contribution in [0.4, 0.5) is 5.69 Å². The van der Waals surface area contributed by atoms with Crippen molar-refractivity contribution in [3.8, 4) is 0 Å². The van der Waals surface area contributed by atoms with E-state index >= 15 is 0 Å². The SMILES string of the molecule is CCC1(CC)CCN(c2cc(Cl)ccc2C(=N)N)CC1. The van der Waals surface area contributed by atoms with Gasteiger partial charge in [-0.3, -0.25) is 5.41 Å². The fraction of sp³-hybridized carbons (Fsp3) is 0.562. The van der Waals surface area contributed by atoms with Crippen molar-refractivity contribution >= 4 is 23.1 Å². The average Bonchev–Trinajstić information content (AvgIpc) is 2.47. The number of piperidine rings is 1. The van der Waals surface area contributed by atoms with Gasteiger partial charge < -0.3 is 10.6 Å². The molecule has 0 spiro atoms. The predicted molar refractivity (Wildman–Crippen MR) is 86.9 cm³/mol. The van der Waals surface area contributed by atoms with Crippen molar-refractivity contribution < 1.29 is 0 Å². The van der Waals surface area contributed by atoms with Gasteiger partial charge in [0.25, 0.3) is 0 Å². The summed E-state index contributed by atoms with van der Waals surface area (Å²) in [6.45, 7) is 6.61. The van der Waals surface area contributed by atoms with Gasteiger partial charge in [0, 0.05) is 29.4 Å². The van der Waals surface area contributed by atoms with E-state index in [1.54, 1.807) is 6.07 Å². The van der Waals surface area contributed by atoms with Crippen LogP contribution in [-0.2, 0) is 0 Å². The molecule has 1 aromatic carbocycles. The molecule has 0 bridgehead atoms. The first kappa shape index (κ1) is 15.2. The van der Waals surface area contributed by atoms with Crippen LogP contribution in [-0.4, -0.2) is 18.9 Å². The number of hydrogen-bond acceptors (Lipinski definition) is 2. The quantitative estimate of drug-likeness (QED) is 0.650. The molecule has 0 saturated carbocycles. The molecular weight excluding hydrogens is 270 g/mol. The second-order valence-corrected chi connectivity index (χ2v) is 6.21. The number of nitrogen functional groups attached to an aromatic ring is 1. The number of amidine groups is 1. The Morgan fingerprint density at radius 2 is 1.90 bits per heavy atom. The third-order valence-corrected chi connectivity index (χ3v) is 5.15. The summed E-state index contributed by atoms with van der Waals surface area (Å²) < 4.78 is 0. The van der Waals surface area contributed by atoms with Crippen LogP contribution in [0.1, 0.15) is 45.1 Å². The maximum Gasteiger partial charge on any atom is 0.124 e. The Kier molecular flexibility index (Phi) is 4.59. The fourth-order valence-electron chi connectivity index (χ4n) is 3.17. The number of nitrogens with zero attached hydrogens (tertiary/aromatic N) is 1. The maximum atomic E-state index is 7.72. The highest BCUT2D eigenvalue weighted by Crippen LogP contribution is 2.40. The summed E-state index contributed by atoms with van der Waals surface area (Å²) in [5, 5.41) is 8.43. The first-order valence-corrected chi connectivity index (χ1v) is 7.78. The summed E-state index contributed by atoms with van der Waals surface area (Å²) >= 11 is 6.11. The Hall–Kier alpha value is -1.22. The molecule has 110 valence electrons. The zero-order chi connectivity index (χ0) is 14.8. The Balaban J connectivity index is 2.22. The first-order valence-electron chi connectivity index (χ1n) is 7.40. The lowest BCUT2D eigenvalue weighted by atomic mass is 9.74. The van der Waals surface area contributed by atoms with Crippen LogP contribution in [0.5, 0.6) is 0 Å². The van der Waals surface area contributed by atoms with E-state index in [1.807, 2.05) is 12.1 Å². The van der Waals surface area contributed by atoms with Gasteiger partial charge in [-0.2, -0.15) is 0 Å². The summed E-state index contributed by atoms with van der Waals surface area (Å²) in [7, 11) is 0. The van der Waals surface area contributed by atoms with Crippen molar-refractivity contribution in [2.24, 2.45) is 11.1 Å². The molecule has 0 aromatic heterocycles. The number of halogens is 1. The van der Waals surface area contributed by atoms with Gasteiger partial charge in [0.1, 0.15) is 5.84 Å². The molecule has 1 heterocycles. The molecule has 0 amide bonds. The molecule has 20 heavy (non-hydrogen) atoms. The molecule has 1 fully saturated rings. The van der Waals surface area contributed by atoms with Gasteiger partial charge in [0.05, 0.1) is 0 Å². The van der Waals surface area contributed by atoms with Crippen molar-refractivity contribution in [3.05, 3.63) is 28.8 Å². The minimum Gasteiger partial charge on any atom is -0.384 e. The molecule has 1 saturated heterocycles. The van der Waals surface area contributed by atoms with E-state index in [2.05, 4.69) is 18.7 Å². The van der Waals surface area contributed by atoms with Crippen molar-refractivity contribution in [3.63, 3.8) is 0 Å². The topological polar surface area (TPSA) is 53.1 Å². The fourth-order valence-corrected chi connectivity index (χ4v) is 3.34. The number of benzene rings is 1. The van der Waals surface area contributed by atoms with Gasteiger partial charge in [-0.05, 0) is 36.5 Å². The molecule has 0 atom stereocenters. The van der Waals surface area contributed by atoms with E-state index in [-0.39, 0.29) is 5.84 Å². The maximum absolute atomic E-state index is 7.72. The molecule has 2 rings (SSSR count). The third-order valence-electron chi connectivity index (χ3n) is 4.91. The standard InChI is InChI=1S/C16H24ClN3/c1-3-16(4-2)7-9-20(10-8-16)14-11-12(17)5-6-13(14)15(18)19/h5-6,11H,3-4,7-10H2,1-2H3,(H3,18,19). The molecule has 4 heteroatoms. The number of anilines is 1. The van der Waals surface area contributed by atoms with E-state index in [0.29, 0.717) is 10.4 Å². The molecule has 0 radical (unpaired) electrons. The number of hydrogen-bond donors (Lipinski definition) is 2. The van der Waals surface area contributed by atoms with Gasteiger partial charge in [-0.15, -0.1) is 0 Å². The number of nitrogens with two attached hydrogens (primary N) is 1. The minimum absolute atomic E-state index is 0.111. The smallest absolute Gasteiger partial charge is 0.124 e. The van der Waals surface area contributed by atoms with E-state index in [4.69, 9.17) is 22.7 Å². The Morgan fingerprint density at radius 1 is 1.30 bits per heavy atom. The molecule has 3 N–H and O–H groups in total. The van der Waals surface area contributed by atoms with Crippen molar-refractivity contribution in [1.82, 2.24) is 0 Å². The molecular formula is C16H24ClN3. The van der Waals surface area contributed by atoms with Crippen LogP contribution in [0.2, 0.25) is 5.02 Å². The molecule has 0 unspecified atom stereocenters. The Morgan fingerprint density at radius 3 is 2.40 bits per heavy atom. The first-order chi connectivity index (χ1) is 9.51. The van der Waals surface area contributed by atoms with E-state index in [0.717, 1.165) is 24.3 Å². The van der Waals surface area contributed by atoms with E-state index < -0.39 is 0 Å². The van der Waals surface area contributed by atoms with Crippen LogP contribution in [0.25, 0.3) is 0 Å². The van der Waals surface area contributed by atoms with Gasteiger partial charge in [-0.1, -0.05) is 38.3 Å². The lowest BCUT2D eigenvalue weighted by Crippen LogP contribution is -2.40. The highest BCUT2D eigenvalue weighted by Gasteiger charge is 2.32. The molecule has 1 aliphatic rings. The second-order valence-electron chi connectivity index (χ2n) is 5.77. The monoisotopic (exact) mass is 293 g/mol. The average molecular weight is 294 g/mol. The Bertz CT molecular complexity index is 484. The molecule has 1 aliphatic heterocycles. The minimum atomic E-state index is 0.111. The predicted octanol–water partition coefficient (Wildman–Crippen LogP) is 4.03. The highest BCUT2D eigenvalue weighted by atomic mass is 35.5. The van der Waals surface area contributed by atoms with E-state index in [1.165, 1.54) is 25.7 Å². The van der Waals surface area contributed by atoms with Crippen LogP contribution in [0, 0.1) is 10.8 Å².